The Morgan fingerprint density at radius 1 is 0.975 bits per heavy atom. The quantitative estimate of drug-likeness (QED) is 0.204. The van der Waals surface area contributed by atoms with Gasteiger partial charge in [-0.2, -0.15) is 0 Å². The Balaban J connectivity index is 1.66. The first-order valence-electron chi connectivity index (χ1n) is 13.9. The van der Waals surface area contributed by atoms with E-state index in [-0.39, 0.29) is 12.1 Å². The number of rotatable bonds is 9. The van der Waals surface area contributed by atoms with Crippen molar-refractivity contribution in [3.63, 3.8) is 0 Å². The van der Waals surface area contributed by atoms with E-state index < -0.39 is 5.60 Å². The third-order valence-corrected chi connectivity index (χ3v) is 6.65. The molecule has 0 aliphatic rings. The van der Waals surface area contributed by atoms with Gasteiger partial charge in [-0.1, -0.05) is 55.8 Å². The molecule has 7 heteroatoms. The molecular weight excluding hydrogens is 502 g/mol. The summed E-state index contributed by atoms with van der Waals surface area (Å²) in [5, 5.41) is 0. The number of unbranched alkanes of at least 4 members (excludes halogenated alkanes) is 1. The summed E-state index contributed by atoms with van der Waals surface area (Å²) >= 11 is 0. The highest BCUT2D eigenvalue weighted by atomic mass is 16.6. The van der Waals surface area contributed by atoms with Crippen LogP contribution in [0, 0.1) is 0 Å². The molecule has 0 aliphatic carbocycles. The van der Waals surface area contributed by atoms with Gasteiger partial charge in [-0.15, -0.1) is 0 Å². The van der Waals surface area contributed by atoms with Crippen LogP contribution in [0.2, 0.25) is 0 Å². The van der Waals surface area contributed by atoms with Crippen LogP contribution < -0.4 is 4.90 Å². The van der Waals surface area contributed by atoms with E-state index in [1.54, 1.807) is 20.0 Å². The van der Waals surface area contributed by atoms with Crippen LogP contribution in [0.5, 0.6) is 0 Å². The van der Waals surface area contributed by atoms with E-state index in [1.165, 1.54) is 4.90 Å². The second kappa shape index (κ2) is 12.4. The van der Waals surface area contributed by atoms with E-state index in [0.29, 0.717) is 18.7 Å². The number of aryl methyl sites for hydroxylation is 1. The summed E-state index contributed by atoms with van der Waals surface area (Å²) < 4.78 is 13.1. The minimum Gasteiger partial charge on any atom is -0.456 e. The number of carbonyl (C=O) groups excluding carboxylic acids is 2. The number of amides is 1. The van der Waals surface area contributed by atoms with Crippen LogP contribution in [0.4, 0.5) is 10.5 Å². The van der Waals surface area contributed by atoms with Crippen LogP contribution in [-0.4, -0.2) is 40.9 Å². The molecule has 0 radical (unpaired) electrons. The van der Waals surface area contributed by atoms with Crippen molar-refractivity contribution in [3.8, 4) is 11.1 Å². The number of imidazole rings is 1. The van der Waals surface area contributed by atoms with E-state index in [0.717, 1.165) is 58.5 Å². The summed E-state index contributed by atoms with van der Waals surface area (Å²) in [5.41, 5.74) is 5.50. The van der Waals surface area contributed by atoms with Crippen LogP contribution in [0.1, 0.15) is 69.2 Å². The summed E-state index contributed by atoms with van der Waals surface area (Å²) in [7, 11) is 1.71. The third-order valence-electron chi connectivity index (χ3n) is 6.65. The lowest BCUT2D eigenvalue weighted by molar-refractivity contribution is 0.00703. The molecule has 0 saturated heterocycles. The molecule has 4 rings (SSSR count). The standard InChI is InChI=1S/C33H39N3O4/c1-7-9-14-30-34-28-20-19-25(35(6)32(38)39-8-2)21-29(28)36(30)22-23-15-17-24(18-16-23)26-12-10-11-13-27(26)31(37)40-33(3,4)5/h10-13,15-21H,7-9,14,22H2,1-6H3. The lowest BCUT2D eigenvalue weighted by Crippen LogP contribution is -2.26. The fourth-order valence-electron chi connectivity index (χ4n) is 4.62. The maximum Gasteiger partial charge on any atom is 0.413 e. The van der Waals surface area contributed by atoms with E-state index in [4.69, 9.17) is 14.5 Å². The largest absolute Gasteiger partial charge is 0.456 e. The van der Waals surface area contributed by atoms with Crippen molar-refractivity contribution in [2.24, 2.45) is 0 Å². The number of esters is 1. The van der Waals surface area contributed by atoms with Gasteiger partial charge in [0.15, 0.2) is 0 Å². The number of ether oxygens (including phenoxy) is 2. The Kier molecular flexibility index (Phi) is 8.93. The number of aromatic nitrogens is 2. The summed E-state index contributed by atoms with van der Waals surface area (Å²) in [6.45, 7) is 10.5. The van der Waals surface area contributed by atoms with Crippen LogP contribution in [0.15, 0.2) is 66.7 Å². The fraction of sp³-hybridized carbons (Fsp3) is 0.364. The number of nitrogens with zero attached hydrogens (tertiary/aromatic N) is 3. The zero-order valence-electron chi connectivity index (χ0n) is 24.4. The van der Waals surface area contributed by atoms with Crippen LogP contribution in [0.3, 0.4) is 0 Å². The van der Waals surface area contributed by atoms with E-state index in [2.05, 4.69) is 23.6 Å². The Hall–Kier alpha value is -4.13. The van der Waals surface area contributed by atoms with Gasteiger partial charge in [-0.05, 0) is 75.1 Å². The van der Waals surface area contributed by atoms with Gasteiger partial charge in [-0.3, -0.25) is 4.90 Å². The summed E-state index contributed by atoms with van der Waals surface area (Å²) in [6, 6.07) is 21.7. The van der Waals surface area contributed by atoms with Gasteiger partial charge in [0.1, 0.15) is 11.4 Å². The third kappa shape index (κ3) is 6.71. The van der Waals surface area contributed by atoms with Crippen molar-refractivity contribution < 1.29 is 19.1 Å². The average Bonchev–Trinajstić information content (AvgIpc) is 3.27. The van der Waals surface area contributed by atoms with E-state index in [9.17, 15) is 9.59 Å². The number of hydrogen-bond acceptors (Lipinski definition) is 5. The van der Waals surface area contributed by atoms with Gasteiger partial charge in [0.05, 0.1) is 23.2 Å². The van der Waals surface area contributed by atoms with Crippen LogP contribution >= 0.6 is 0 Å². The molecule has 0 aliphatic heterocycles. The van der Waals surface area contributed by atoms with Gasteiger partial charge in [0.25, 0.3) is 0 Å². The SMILES string of the molecule is CCCCc1nc2ccc(N(C)C(=O)OCC)cc2n1Cc1ccc(-c2ccccc2C(=O)OC(C)(C)C)cc1. The van der Waals surface area contributed by atoms with E-state index >= 15 is 0 Å². The fourth-order valence-corrected chi connectivity index (χ4v) is 4.62. The van der Waals surface area contributed by atoms with Crippen molar-refractivity contribution in [1.82, 2.24) is 9.55 Å². The molecule has 4 aromatic rings. The van der Waals surface area contributed by atoms with Crippen molar-refractivity contribution in [3.05, 3.63) is 83.7 Å². The Bertz CT molecular complexity index is 1480. The lowest BCUT2D eigenvalue weighted by Gasteiger charge is -2.20. The monoisotopic (exact) mass is 541 g/mol. The van der Waals surface area contributed by atoms with Gasteiger partial charge in [0, 0.05) is 25.7 Å². The zero-order chi connectivity index (χ0) is 28.9. The van der Waals surface area contributed by atoms with Gasteiger partial charge >= 0.3 is 12.1 Å². The highest BCUT2D eigenvalue weighted by Crippen LogP contribution is 2.28. The number of carbonyl (C=O) groups is 2. The first-order chi connectivity index (χ1) is 19.1. The minimum absolute atomic E-state index is 0.322. The molecule has 0 unspecified atom stereocenters. The summed E-state index contributed by atoms with van der Waals surface area (Å²) in [4.78, 5) is 31.7. The van der Waals surface area contributed by atoms with Crippen molar-refractivity contribution >= 4 is 28.8 Å². The average molecular weight is 542 g/mol. The normalized spacial score (nSPS) is 11.4. The van der Waals surface area contributed by atoms with Crippen LogP contribution in [0.25, 0.3) is 22.2 Å². The van der Waals surface area contributed by atoms with Crippen molar-refractivity contribution in [2.75, 3.05) is 18.6 Å². The first kappa shape index (κ1) is 28.9. The lowest BCUT2D eigenvalue weighted by atomic mass is 9.98. The zero-order valence-corrected chi connectivity index (χ0v) is 24.4. The molecule has 1 heterocycles. The maximum absolute atomic E-state index is 12.9. The predicted octanol–water partition coefficient (Wildman–Crippen LogP) is 7.64. The van der Waals surface area contributed by atoms with Crippen LogP contribution in [-0.2, 0) is 22.4 Å². The van der Waals surface area contributed by atoms with E-state index in [1.807, 2.05) is 69.3 Å². The Morgan fingerprint density at radius 3 is 2.38 bits per heavy atom. The van der Waals surface area contributed by atoms with Crippen molar-refractivity contribution in [2.45, 2.75) is 66.0 Å². The molecular formula is C33H39N3O4. The highest BCUT2D eigenvalue weighted by Gasteiger charge is 2.21. The topological polar surface area (TPSA) is 73.7 Å². The molecule has 0 bridgehead atoms. The number of benzene rings is 3. The molecule has 0 N–H and O–H groups in total. The predicted molar refractivity (Wildman–Crippen MR) is 160 cm³/mol. The smallest absolute Gasteiger partial charge is 0.413 e. The number of fused-ring (bicyclic) bond motifs is 1. The molecule has 0 atom stereocenters. The van der Waals surface area contributed by atoms with Gasteiger partial charge in [-0.25, -0.2) is 14.6 Å². The Labute approximate surface area is 236 Å². The molecule has 210 valence electrons. The van der Waals surface area contributed by atoms with Gasteiger partial charge in [0.2, 0.25) is 0 Å². The molecule has 3 aromatic carbocycles. The molecule has 0 spiro atoms. The second-order valence-corrected chi connectivity index (χ2v) is 10.9. The molecule has 0 fully saturated rings. The molecule has 7 nitrogen and oxygen atoms in total. The van der Waals surface area contributed by atoms with Crippen molar-refractivity contribution in [1.29, 1.82) is 0 Å². The highest BCUT2D eigenvalue weighted by molar-refractivity contribution is 5.97. The summed E-state index contributed by atoms with van der Waals surface area (Å²) in [5.74, 6) is 0.688. The second-order valence-electron chi connectivity index (χ2n) is 10.9. The minimum atomic E-state index is -0.567. The molecule has 1 amide bonds. The molecule has 0 saturated carbocycles. The Morgan fingerprint density at radius 2 is 1.70 bits per heavy atom. The number of anilines is 1. The first-order valence-corrected chi connectivity index (χ1v) is 13.9. The maximum atomic E-state index is 12.9. The molecule has 40 heavy (non-hydrogen) atoms. The summed E-state index contributed by atoms with van der Waals surface area (Å²) in [6.07, 6.45) is 2.60. The van der Waals surface area contributed by atoms with Gasteiger partial charge < -0.3 is 14.0 Å². The molecule has 1 aromatic heterocycles. The number of hydrogen-bond donors (Lipinski definition) is 0.